The number of nitrogens with two attached hydrogens (primary N) is 1. The van der Waals surface area contributed by atoms with E-state index >= 15 is 0 Å². The highest BCUT2D eigenvalue weighted by Gasteiger charge is 2.36. The zero-order valence-corrected chi connectivity index (χ0v) is 24.6. The van der Waals surface area contributed by atoms with Crippen LogP contribution in [0.4, 0.5) is 0 Å². The Morgan fingerprint density at radius 1 is 0.902 bits per heavy atom. The first kappa shape index (κ1) is 31.4. The van der Waals surface area contributed by atoms with Crippen molar-refractivity contribution < 1.29 is 19.2 Å². The van der Waals surface area contributed by atoms with Gasteiger partial charge in [0, 0.05) is 31.8 Å². The monoisotopic (exact) mass is 555 g/mol. The number of rotatable bonds is 12. The van der Waals surface area contributed by atoms with Crippen LogP contribution in [0.2, 0.25) is 0 Å². The van der Waals surface area contributed by atoms with E-state index in [2.05, 4.69) is 5.32 Å². The maximum absolute atomic E-state index is 14.2. The highest BCUT2D eigenvalue weighted by atomic mass is 16.2. The van der Waals surface area contributed by atoms with Crippen LogP contribution in [0.15, 0.2) is 84.9 Å². The summed E-state index contributed by atoms with van der Waals surface area (Å²) in [7, 11) is 1.56. The molecule has 3 N–H and O–H groups in total. The molecule has 7 heteroatoms. The number of nitrogens with zero attached hydrogens (tertiary/aromatic N) is 1. The fraction of sp³-hybridized carbons (Fsp3) is 0.353. The van der Waals surface area contributed by atoms with Gasteiger partial charge in [0.2, 0.25) is 17.7 Å². The fourth-order valence-electron chi connectivity index (χ4n) is 4.84. The van der Waals surface area contributed by atoms with Gasteiger partial charge in [-0.15, -0.1) is 0 Å². The van der Waals surface area contributed by atoms with Gasteiger partial charge in [-0.05, 0) is 54.7 Å². The van der Waals surface area contributed by atoms with E-state index in [0.29, 0.717) is 12.8 Å². The van der Waals surface area contributed by atoms with Crippen LogP contribution in [-0.4, -0.2) is 47.0 Å². The Morgan fingerprint density at radius 3 is 2.17 bits per heavy atom. The molecule has 3 rings (SSSR count). The number of benzene rings is 3. The predicted molar refractivity (Wildman–Crippen MR) is 163 cm³/mol. The summed E-state index contributed by atoms with van der Waals surface area (Å²) in [5.41, 5.74) is 7.36. The Hall–Kier alpha value is -4.10. The number of allylic oxidation sites excluding steroid dienone is 1. The van der Waals surface area contributed by atoms with Crippen molar-refractivity contribution in [3.05, 3.63) is 96.1 Å². The number of nitrogens with one attached hydrogen (secondary N) is 1. The second-order valence-corrected chi connectivity index (χ2v) is 11.5. The summed E-state index contributed by atoms with van der Waals surface area (Å²) >= 11 is 0. The average molecular weight is 556 g/mol. The first-order chi connectivity index (χ1) is 19.4. The summed E-state index contributed by atoms with van der Waals surface area (Å²) < 4.78 is 0. The molecule has 41 heavy (non-hydrogen) atoms. The number of amides is 3. The lowest BCUT2D eigenvalue weighted by molar-refractivity contribution is -0.145. The third-order valence-electron chi connectivity index (χ3n) is 7.25. The van der Waals surface area contributed by atoms with Crippen LogP contribution < -0.4 is 11.1 Å². The Balaban J connectivity index is 1.96. The summed E-state index contributed by atoms with van der Waals surface area (Å²) in [5.74, 6) is -3.00. The first-order valence-corrected chi connectivity index (χ1v) is 13.9. The number of carbonyl (C=O) groups excluding carboxylic acids is 4. The van der Waals surface area contributed by atoms with Crippen molar-refractivity contribution in [2.45, 2.75) is 58.5 Å². The van der Waals surface area contributed by atoms with Crippen molar-refractivity contribution in [1.82, 2.24) is 10.2 Å². The van der Waals surface area contributed by atoms with Crippen molar-refractivity contribution in [2.24, 2.45) is 17.6 Å². The minimum Gasteiger partial charge on any atom is -0.333 e. The minimum atomic E-state index is -0.941. The lowest BCUT2D eigenvalue weighted by atomic mass is 9.83. The van der Waals surface area contributed by atoms with Crippen LogP contribution in [0.3, 0.4) is 0 Å². The van der Waals surface area contributed by atoms with Crippen LogP contribution in [0.5, 0.6) is 0 Å². The van der Waals surface area contributed by atoms with Gasteiger partial charge < -0.3 is 10.6 Å². The zero-order valence-electron chi connectivity index (χ0n) is 24.6. The molecular weight excluding hydrogens is 514 g/mol. The fourth-order valence-corrected chi connectivity index (χ4v) is 4.84. The third-order valence-corrected chi connectivity index (χ3v) is 7.25. The standard InChI is InChI=1S/C34H41N3O4/c1-23(31(39)16-11-19-34(3,4)35)29(21-26-17-18-27-14-9-10-15-28(27)20-26)33(41)37(5)30(32(40)36-24(2)38)22-25-12-7-6-8-13-25/h6-18,20,23,29-30H,19,21-22,35H2,1-5H3,(H,36,38,40)/t23?,29-,30+/m0/s1. The van der Waals surface area contributed by atoms with E-state index in [0.717, 1.165) is 21.9 Å². The van der Waals surface area contributed by atoms with Gasteiger partial charge in [0.1, 0.15) is 6.04 Å². The Bertz CT molecular complexity index is 1410. The topological polar surface area (TPSA) is 110 Å². The molecule has 3 amide bonds. The molecule has 0 aliphatic carbocycles. The van der Waals surface area contributed by atoms with Gasteiger partial charge in [-0.25, -0.2) is 0 Å². The maximum atomic E-state index is 14.2. The van der Waals surface area contributed by atoms with Gasteiger partial charge in [0.15, 0.2) is 5.78 Å². The minimum absolute atomic E-state index is 0.186. The third kappa shape index (κ3) is 9.22. The summed E-state index contributed by atoms with van der Waals surface area (Å²) in [4.78, 5) is 53.8. The number of carbonyl (C=O) groups is 4. The van der Waals surface area contributed by atoms with Crippen molar-refractivity contribution in [2.75, 3.05) is 7.05 Å². The molecule has 1 unspecified atom stereocenters. The van der Waals surface area contributed by atoms with Crippen LogP contribution >= 0.6 is 0 Å². The number of ketones is 1. The van der Waals surface area contributed by atoms with E-state index in [4.69, 9.17) is 5.73 Å². The largest absolute Gasteiger partial charge is 0.333 e. The van der Waals surface area contributed by atoms with E-state index < -0.39 is 35.2 Å². The smallest absolute Gasteiger partial charge is 0.249 e. The Morgan fingerprint density at radius 2 is 1.54 bits per heavy atom. The average Bonchev–Trinajstić information content (AvgIpc) is 2.92. The van der Waals surface area contributed by atoms with Gasteiger partial charge in [0.05, 0.1) is 5.92 Å². The van der Waals surface area contributed by atoms with E-state index in [9.17, 15) is 19.2 Å². The normalized spacial score (nSPS) is 13.9. The summed E-state index contributed by atoms with van der Waals surface area (Å²) in [5, 5.41) is 4.46. The molecule has 0 spiro atoms. The molecule has 3 aromatic carbocycles. The van der Waals surface area contributed by atoms with E-state index in [-0.39, 0.29) is 18.1 Å². The van der Waals surface area contributed by atoms with E-state index in [1.807, 2.05) is 86.6 Å². The first-order valence-electron chi connectivity index (χ1n) is 13.9. The summed E-state index contributed by atoms with van der Waals surface area (Å²) in [6.07, 6.45) is 4.30. The lowest BCUT2D eigenvalue weighted by Gasteiger charge is -2.32. The lowest BCUT2D eigenvalue weighted by Crippen LogP contribution is -2.52. The quantitative estimate of drug-likeness (QED) is 0.317. The van der Waals surface area contributed by atoms with Gasteiger partial charge in [-0.2, -0.15) is 0 Å². The Kier molecular flexibility index (Phi) is 10.7. The number of hydrogen-bond acceptors (Lipinski definition) is 5. The molecule has 0 aromatic heterocycles. The summed E-state index contributed by atoms with van der Waals surface area (Å²) in [6.45, 7) is 6.77. The number of imide groups is 1. The molecule has 0 saturated carbocycles. The second kappa shape index (κ2) is 14.0. The van der Waals surface area contributed by atoms with Crippen LogP contribution in [-0.2, 0) is 32.0 Å². The molecule has 7 nitrogen and oxygen atoms in total. The van der Waals surface area contributed by atoms with Gasteiger partial charge in [-0.3, -0.25) is 24.5 Å². The van der Waals surface area contributed by atoms with Crippen LogP contribution in [0.25, 0.3) is 10.8 Å². The maximum Gasteiger partial charge on any atom is 0.249 e. The molecule has 0 bridgehead atoms. The number of hydrogen-bond donors (Lipinski definition) is 2. The van der Waals surface area contributed by atoms with Gasteiger partial charge in [0.25, 0.3) is 0 Å². The van der Waals surface area contributed by atoms with E-state index in [1.165, 1.54) is 17.9 Å². The van der Waals surface area contributed by atoms with Gasteiger partial charge >= 0.3 is 0 Å². The van der Waals surface area contributed by atoms with Crippen LogP contribution in [0, 0.1) is 11.8 Å². The highest BCUT2D eigenvalue weighted by molar-refractivity contribution is 6.00. The molecule has 0 aliphatic rings. The Labute approximate surface area is 242 Å². The van der Waals surface area contributed by atoms with Crippen molar-refractivity contribution >= 4 is 34.3 Å². The molecule has 0 heterocycles. The second-order valence-electron chi connectivity index (χ2n) is 11.5. The van der Waals surface area contributed by atoms with Crippen molar-refractivity contribution in [3.8, 4) is 0 Å². The zero-order chi connectivity index (χ0) is 30.2. The molecule has 0 aliphatic heterocycles. The molecule has 0 saturated heterocycles. The number of likely N-dealkylation sites (N-methyl/N-ethyl adjacent to an activating group) is 1. The molecule has 216 valence electrons. The van der Waals surface area contributed by atoms with Crippen molar-refractivity contribution in [1.29, 1.82) is 0 Å². The van der Waals surface area contributed by atoms with E-state index in [1.54, 1.807) is 20.0 Å². The molecule has 0 fully saturated rings. The number of fused-ring (bicyclic) bond motifs is 1. The predicted octanol–water partition coefficient (Wildman–Crippen LogP) is 4.62. The molecule has 0 radical (unpaired) electrons. The molecular formula is C34H41N3O4. The molecule has 3 aromatic rings. The molecule has 3 atom stereocenters. The van der Waals surface area contributed by atoms with Gasteiger partial charge in [-0.1, -0.05) is 85.8 Å². The SMILES string of the molecule is CC(=O)NC(=O)[C@@H](Cc1ccccc1)N(C)C(=O)[C@@H](Cc1ccc2ccccc2c1)C(C)C(=O)C=CCC(C)(C)N. The summed E-state index contributed by atoms with van der Waals surface area (Å²) in [6, 6.07) is 22.3. The van der Waals surface area contributed by atoms with Crippen molar-refractivity contribution in [3.63, 3.8) is 0 Å². The highest BCUT2D eigenvalue weighted by Crippen LogP contribution is 2.26. The van der Waals surface area contributed by atoms with Crippen LogP contribution in [0.1, 0.15) is 45.2 Å².